The van der Waals surface area contributed by atoms with Gasteiger partial charge in [0.05, 0.1) is 11.0 Å². The first-order valence-corrected chi connectivity index (χ1v) is 18.8. The molecule has 9 aromatic carbocycles. The van der Waals surface area contributed by atoms with Gasteiger partial charge in [0.1, 0.15) is 11.2 Å². The van der Waals surface area contributed by atoms with Crippen LogP contribution in [0.15, 0.2) is 211 Å². The van der Waals surface area contributed by atoms with Crippen molar-refractivity contribution in [3.05, 3.63) is 206 Å². The van der Waals surface area contributed by atoms with Crippen LogP contribution in [-0.4, -0.2) is 4.57 Å². The maximum absolute atomic E-state index is 6.43. The highest BCUT2D eigenvalue weighted by molar-refractivity contribution is 6.16. The number of fused-ring (bicyclic) bond motifs is 7. The van der Waals surface area contributed by atoms with Gasteiger partial charge in [0.15, 0.2) is 0 Å². The Morgan fingerprint density at radius 2 is 0.964 bits per heavy atom. The van der Waals surface area contributed by atoms with Gasteiger partial charge in [-0.2, -0.15) is 0 Å². The monoisotopic (exact) mass is 702 g/mol. The minimum Gasteiger partial charge on any atom is -0.456 e. The van der Waals surface area contributed by atoms with E-state index in [1.54, 1.807) is 0 Å². The minimum atomic E-state index is 0.897. The molecule has 11 aromatic rings. The molecule has 2 heterocycles. The van der Waals surface area contributed by atoms with Crippen LogP contribution in [0, 0.1) is 0 Å². The summed E-state index contributed by atoms with van der Waals surface area (Å²) in [7, 11) is 0. The van der Waals surface area contributed by atoms with Crippen molar-refractivity contribution >= 4 is 71.6 Å². The van der Waals surface area contributed by atoms with Crippen LogP contribution in [0.4, 0.5) is 17.1 Å². The summed E-state index contributed by atoms with van der Waals surface area (Å²) < 4.78 is 8.81. The van der Waals surface area contributed by atoms with Gasteiger partial charge in [0.2, 0.25) is 0 Å². The van der Waals surface area contributed by atoms with Crippen molar-refractivity contribution in [3.63, 3.8) is 0 Å². The quantitative estimate of drug-likeness (QED) is 0.172. The van der Waals surface area contributed by atoms with Crippen molar-refractivity contribution in [3.8, 4) is 27.9 Å². The number of aromatic nitrogens is 1. The topological polar surface area (TPSA) is 21.3 Å². The van der Waals surface area contributed by atoms with Gasteiger partial charge in [0, 0.05) is 44.3 Å². The molecule has 3 nitrogen and oxygen atoms in total. The molecule has 0 spiro atoms. The highest BCUT2D eigenvalue weighted by atomic mass is 16.3. The molecule has 0 unspecified atom stereocenters. The van der Waals surface area contributed by atoms with E-state index in [2.05, 4.69) is 216 Å². The standard InChI is InChI=1S/C52H34N2O/c1-3-12-35(13-4-1)36-22-26-41(27-23-36)53(43-30-31-46-45-18-9-10-20-48(45)54(49(46)34-43)40-16-5-2-6-17-40)42-28-24-37(25-29-42)44-19-11-21-50-52(44)47-32-38-14-7-8-15-39(38)33-51(47)55-50/h1-34H. The van der Waals surface area contributed by atoms with Crippen LogP contribution >= 0.6 is 0 Å². The fraction of sp³-hybridized carbons (Fsp3) is 0. The highest BCUT2D eigenvalue weighted by Gasteiger charge is 2.19. The van der Waals surface area contributed by atoms with Gasteiger partial charge >= 0.3 is 0 Å². The van der Waals surface area contributed by atoms with Gasteiger partial charge in [-0.1, -0.05) is 133 Å². The van der Waals surface area contributed by atoms with Crippen molar-refractivity contribution in [2.75, 3.05) is 4.90 Å². The lowest BCUT2D eigenvalue weighted by atomic mass is 9.98. The SMILES string of the molecule is c1ccc(-c2ccc(N(c3ccc(-c4cccc5oc6cc7ccccc7cc6c45)cc3)c3ccc4c5ccccc5n(-c5ccccc5)c4c3)cc2)cc1. The first-order chi connectivity index (χ1) is 27.3. The zero-order valence-corrected chi connectivity index (χ0v) is 29.9. The largest absolute Gasteiger partial charge is 0.456 e. The third-order valence-electron chi connectivity index (χ3n) is 11.0. The molecule has 0 saturated heterocycles. The van der Waals surface area contributed by atoms with E-state index in [0.29, 0.717) is 0 Å². The number of anilines is 3. The molecule has 0 aliphatic rings. The Labute approximate surface area is 318 Å². The molecule has 55 heavy (non-hydrogen) atoms. The van der Waals surface area contributed by atoms with Crippen molar-refractivity contribution in [1.82, 2.24) is 4.57 Å². The van der Waals surface area contributed by atoms with Crippen molar-refractivity contribution < 1.29 is 4.42 Å². The summed E-state index contributed by atoms with van der Waals surface area (Å²) in [6.45, 7) is 0. The number of hydrogen-bond donors (Lipinski definition) is 0. The summed E-state index contributed by atoms with van der Waals surface area (Å²) >= 11 is 0. The van der Waals surface area contributed by atoms with Gasteiger partial charge in [-0.15, -0.1) is 0 Å². The molecule has 0 radical (unpaired) electrons. The summed E-state index contributed by atoms with van der Waals surface area (Å²) in [5, 5.41) is 7.13. The third-order valence-corrected chi connectivity index (χ3v) is 11.0. The maximum atomic E-state index is 6.43. The average Bonchev–Trinajstić information content (AvgIpc) is 3.79. The Hall–Kier alpha value is -7.36. The summed E-state index contributed by atoms with van der Waals surface area (Å²) in [5.74, 6) is 0. The van der Waals surface area contributed by atoms with Crippen molar-refractivity contribution in [2.45, 2.75) is 0 Å². The minimum absolute atomic E-state index is 0.897. The number of benzene rings is 9. The molecule has 0 N–H and O–H groups in total. The predicted octanol–water partition coefficient (Wildman–Crippen LogP) is 14.6. The van der Waals surface area contributed by atoms with Crippen LogP contribution in [0.5, 0.6) is 0 Å². The Bertz CT molecular complexity index is 3180. The Morgan fingerprint density at radius 3 is 1.73 bits per heavy atom. The smallest absolute Gasteiger partial charge is 0.136 e. The zero-order chi connectivity index (χ0) is 36.3. The Balaban J connectivity index is 1.07. The van der Waals surface area contributed by atoms with Gasteiger partial charge in [-0.25, -0.2) is 0 Å². The normalized spacial score (nSPS) is 11.6. The van der Waals surface area contributed by atoms with Crippen LogP contribution in [0.2, 0.25) is 0 Å². The zero-order valence-electron chi connectivity index (χ0n) is 29.9. The molecule has 0 aliphatic carbocycles. The molecule has 11 rings (SSSR count). The first kappa shape index (κ1) is 31.2. The van der Waals surface area contributed by atoms with Gasteiger partial charge in [0.25, 0.3) is 0 Å². The van der Waals surface area contributed by atoms with E-state index in [-0.39, 0.29) is 0 Å². The van der Waals surface area contributed by atoms with E-state index in [9.17, 15) is 0 Å². The van der Waals surface area contributed by atoms with Crippen molar-refractivity contribution in [2.24, 2.45) is 0 Å². The number of para-hydroxylation sites is 2. The summed E-state index contributed by atoms with van der Waals surface area (Å²) in [5.41, 5.74) is 13.2. The van der Waals surface area contributed by atoms with Crippen LogP contribution in [0.25, 0.3) is 82.5 Å². The maximum Gasteiger partial charge on any atom is 0.136 e. The fourth-order valence-corrected chi connectivity index (χ4v) is 8.38. The summed E-state index contributed by atoms with van der Waals surface area (Å²) in [4.78, 5) is 2.37. The molecule has 0 aliphatic heterocycles. The fourth-order valence-electron chi connectivity index (χ4n) is 8.38. The lowest BCUT2D eigenvalue weighted by molar-refractivity contribution is 0.669. The summed E-state index contributed by atoms with van der Waals surface area (Å²) in [6.07, 6.45) is 0. The third kappa shape index (κ3) is 5.20. The molecule has 0 atom stereocenters. The highest BCUT2D eigenvalue weighted by Crippen LogP contribution is 2.42. The van der Waals surface area contributed by atoms with Crippen molar-refractivity contribution in [1.29, 1.82) is 0 Å². The molecule has 0 bridgehead atoms. The predicted molar refractivity (Wildman–Crippen MR) is 231 cm³/mol. The lowest BCUT2D eigenvalue weighted by Gasteiger charge is -2.26. The lowest BCUT2D eigenvalue weighted by Crippen LogP contribution is -2.10. The molecule has 0 fully saturated rings. The number of furan rings is 1. The Kier molecular flexibility index (Phi) is 7.17. The molecular weight excluding hydrogens is 669 g/mol. The van der Waals surface area contributed by atoms with Gasteiger partial charge < -0.3 is 13.9 Å². The molecule has 2 aromatic heterocycles. The molecule has 0 saturated carbocycles. The number of rotatable bonds is 6. The molecule has 0 amide bonds. The summed E-state index contributed by atoms with van der Waals surface area (Å²) in [6, 6.07) is 73.9. The molecule has 3 heteroatoms. The first-order valence-electron chi connectivity index (χ1n) is 18.8. The van der Waals surface area contributed by atoms with E-state index in [0.717, 1.165) is 55.8 Å². The van der Waals surface area contributed by atoms with Crippen LogP contribution in [-0.2, 0) is 0 Å². The van der Waals surface area contributed by atoms with E-state index in [1.165, 1.54) is 43.7 Å². The average molecular weight is 703 g/mol. The second kappa shape index (κ2) is 12.6. The second-order valence-electron chi connectivity index (χ2n) is 14.2. The van der Waals surface area contributed by atoms with Crippen LogP contribution in [0.3, 0.4) is 0 Å². The van der Waals surface area contributed by atoms with E-state index < -0.39 is 0 Å². The van der Waals surface area contributed by atoms with Crippen LogP contribution < -0.4 is 4.90 Å². The van der Waals surface area contributed by atoms with E-state index in [1.807, 2.05) is 0 Å². The Morgan fingerprint density at radius 1 is 0.364 bits per heavy atom. The molecule has 258 valence electrons. The van der Waals surface area contributed by atoms with Crippen LogP contribution in [0.1, 0.15) is 0 Å². The van der Waals surface area contributed by atoms with Gasteiger partial charge in [-0.05, 0) is 106 Å². The number of nitrogens with zero attached hydrogens (tertiary/aromatic N) is 2. The van der Waals surface area contributed by atoms with E-state index in [4.69, 9.17) is 4.42 Å². The van der Waals surface area contributed by atoms with Gasteiger partial charge in [-0.3, -0.25) is 0 Å². The second-order valence-corrected chi connectivity index (χ2v) is 14.2. The molecular formula is C52H34N2O. The van der Waals surface area contributed by atoms with E-state index >= 15 is 0 Å². The number of hydrogen-bond acceptors (Lipinski definition) is 2.